The molecule has 0 spiro atoms. The number of hydrogen-bond acceptors (Lipinski definition) is 5. The van der Waals surface area contributed by atoms with E-state index in [-0.39, 0.29) is 59.1 Å². The first kappa shape index (κ1) is 23.6. The van der Waals surface area contributed by atoms with Crippen molar-refractivity contribution in [2.75, 3.05) is 0 Å². The molecule has 0 aliphatic heterocycles. The van der Waals surface area contributed by atoms with Gasteiger partial charge >= 0.3 is 65.1 Å². The predicted octanol–water partition coefficient (Wildman–Crippen LogP) is -9.93. The summed E-state index contributed by atoms with van der Waals surface area (Å²) in [6.07, 6.45) is 0.769. The number of carbonyl (C=O) groups is 3. The maximum Gasteiger partial charge on any atom is 1.00 e. The molecule has 0 rings (SSSR count). The van der Waals surface area contributed by atoms with Crippen LogP contribution in [-0.2, 0) is 9.59 Å². The van der Waals surface area contributed by atoms with Gasteiger partial charge in [0.1, 0.15) is 0 Å². The van der Waals surface area contributed by atoms with E-state index in [0.717, 1.165) is 0 Å². The number of carboxylic acids is 2. The molecule has 14 heavy (non-hydrogen) atoms. The van der Waals surface area contributed by atoms with Gasteiger partial charge in [0.2, 0.25) is 0 Å². The van der Waals surface area contributed by atoms with E-state index in [1.54, 1.807) is 0 Å². The molecule has 0 fully saturated rings. The van der Waals surface area contributed by atoms with E-state index in [0.29, 0.717) is 12.2 Å². The molecule has 0 aromatic carbocycles. The largest absolute Gasteiger partial charge is 1.00 e. The maximum absolute atomic E-state index is 9.41. The molecule has 0 atom stereocenters. The van der Waals surface area contributed by atoms with Crippen LogP contribution in [0.1, 0.15) is 0 Å². The summed E-state index contributed by atoms with van der Waals surface area (Å²) in [4.78, 5) is 27.8. The molecule has 0 radical (unpaired) electrons. The van der Waals surface area contributed by atoms with E-state index in [2.05, 4.69) is 11.5 Å². The van der Waals surface area contributed by atoms with Crippen molar-refractivity contribution < 1.29 is 83.7 Å². The Balaban J connectivity index is -0.0000000733. The minimum absolute atomic E-state index is 0. The zero-order valence-corrected chi connectivity index (χ0v) is 11.9. The SMILES string of the molecule is NC(N)=O.O=C([O-])/C=C\C(=O)[O-].[Na+].[Na+]. The molecule has 0 aliphatic carbocycles. The van der Waals surface area contributed by atoms with Crippen molar-refractivity contribution in [1.82, 2.24) is 0 Å². The second-order valence-electron chi connectivity index (χ2n) is 1.37. The van der Waals surface area contributed by atoms with Gasteiger partial charge in [0.05, 0.1) is 11.9 Å². The predicted molar refractivity (Wildman–Crippen MR) is 32.9 cm³/mol. The van der Waals surface area contributed by atoms with Crippen LogP contribution in [0, 0.1) is 0 Å². The minimum atomic E-state index is -1.55. The Bertz CT molecular complexity index is 198. The van der Waals surface area contributed by atoms with Gasteiger partial charge in [-0.25, -0.2) is 4.79 Å². The molecule has 0 unspecified atom stereocenters. The van der Waals surface area contributed by atoms with Crippen LogP contribution in [0.2, 0.25) is 0 Å². The van der Waals surface area contributed by atoms with Crippen molar-refractivity contribution in [1.29, 1.82) is 0 Å². The average molecular weight is 220 g/mol. The van der Waals surface area contributed by atoms with Gasteiger partial charge in [0.25, 0.3) is 0 Å². The molecule has 0 saturated heterocycles. The third-order valence-corrected chi connectivity index (χ3v) is 0.355. The van der Waals surface area contributed by atoms with Crippen LogP contribution >= 0.6 is 0 Å². The van der Waals surface area contributed by atoms with Crippen molar-refractivity contribution >= 4 is 18.0 Å². The van der Waals surface area contributed by atoms with Crippen LogP contribution in [-0.4, -0.2) is 18.0 Å². The summed E-state index contributed by atoms with van der Waals surface area (Å²) in [5.74, 6) is -3.09. The van der Waals surface area contributed by atoms with Crippen LogP contribution in [0.3, 0.4) is 0 Å². The molecular formula is C5H6N2Na2O5. The van der Waals surface area contributed by atoms with Crippen LogP contribution < -0.4 is 80.8 Å². The van der Waals surface area contributed by atoms with Crippen LogP contribution in [0.25, 0.3) is 0 Å². The third kappa shape index (κ3) is 58.5. The number of amides is 2. The number of rotatable bonds is 2. The first-order chi connectivity index (χ1) is 5.36. The molecule has 2 amide bonds. The van der Waals surface area contributed by atoms with E-state index in [9.17, 15) is 19.8 Å². The van der Waals surface area contributed by atoms with E-state index >= 15 is 0 Å². The number of carbonyl (C=O) groups excluding carboxylic acids is 3. The van der Waals surface area contributed by atoms with Gasteiger partial charge in [-0.1, -0.05) is 0 Å². The van der Waals surface area contributed by atoms with Gasteiger partial charge < -0.3 is 31.3 Å². The number of urea groups is 1. The Morgan fingerprint density at radius 3 is 1.07 bits per heavy atom. The average Bonchev–Trinajstić information content (AvgIpc) is 1.82. The molecule has 0 bridgehead atoms. The van der Waals surface area contributed by atoms with Crippen LogP contribution in [0.5, 0.6) is 0 Å². The van der Waals surface area contributed by atoms with Crippen LogP contribution in [0.15, 0.2) is 12.2 Å². The van der Waals surface area contributed by atoms with E-state index in [4.69, 9.17) is 4.79 Å². The fourth-order valence-corrected chi connectivity index (χ4v) is 0.136. The maximum atomic E-state index is 9.41. The van der Waals surface area contributed by atoms with E-state index in [1.165, 1.54) is 0 Å². The summed E-state index contributed by atoms with van der Waals surface area (Å²) in [7, 11) is 0. The monoisotopic (exact) mass is 220 g/mol. The Kier molecular flexibility index (Phi) is 26.0. The van der Waals surface area contributed by atoms with Gasteiger partial charge in [-0.05, 0) is 12.2 Å². The van der Waals surface area contributed by atoms with Crippen molar-refractivity contribution in [3.63, 3.8) is 0 Å². The third-order valence-electron chi connectivity index (χ3n) is 0.355. The first-order valence-corrected chi connectivity index (χ1v) is 2.51. The molecule has 9 heteroatoms. The summed E-state index contributed by atoms with van der Waals surface area (Å²) in [6.45, 7) is 0. The smallest absolute Gasteiger partial charge is 0.545 e. The second kappa shape index (κ2) is 15.4. The van der Waals surface area contributed by atoms with Crippen molar-refractivity contribution in [2.45, 2.75) is 0 Å². The van der Waals surface area contributed by atoms with Gasteiger partial charge in [0.15, 0.2) is 0 Å². The summed E-state index contributed by atoms with van der Waals surface area (Å²) >= 11 is 0. The summed E-state index contributed by atoms with van der Waals surface area (Å²) < 4.78 is 0. The Hall–Kier alpha value is -0.0500. The van der Waals surface area contributed by atoms with E-state index < -0.39 is 18.0 Å². The summed E-state index contributed by atoms with van der Waals surface area (Å²) in [5, 5.41) is 18.8. The number of nitrogens with two attached hydrogens (primary N) is 2. The zero-order valence-electron chi connectivity index (χ0n) is 7.85. The molecule has 0 aliphatic rings. The van der Waals surface area contributed by atoms with E-state index in [1.807, 2.05) is 0 Å². The normalized spacial score (nSPS) is 7.14. The topological polar surface area (TPSA) is 149 Å². The fraction of sp³-hybridized carbons (Fsp3) is 0. The molecule has 0 aromatic rings. The molecule has 0 saturated carbocycles. The van der Waals surface area contributed by atoms with Crippen molar-refractivity contribution in [2.24, 2.45) is 11.5 Å². The number of aliphatic carboxylic acids is 2. The standard InChI is InChI=1S/C4H4O4.CH4N2O.2Na/c5-3(6)1-2-4(7)8;2-1(3)4;;/h1-2H,(H,5,6)(H,7,8);(H4,2,3,4);;/q;;2*+1/p-2/b2-1-;;;. The zero-order chi connectivity index (χ0) is 10.1. The molecular weight excluding hydrogens is 214 g/mol. The number of primary amides is 2. The van der Waals surface area contributed by atoms with Crippen molar-refractivity contribution in [3.05, 3.63) is 12.2 Å². The first-order valence-electron chi connectivity index (χ1n) is 2.51. The summed E-state index contributed by atoms with van der Waals surface area (Å²) in [5.41, 5.74) is 8.50. The molecule has 7 nitrogen and oxygen atoms in total. The van der Waals surface area contributed by atoms with Crippen molar-refractivity contribution in [3.8, 4) is 0 Å². The number of hydrogen-bond donors (Lipinski definition) is 2. The van der Waals surface area contributed by atoms with Crippen LogP contribution in [0.4, 0.5) is 4.79 Å². The van der Waals surface area contributed by atoms with Gasteiger partial charge in [-0.2, -0.15) is 0 Å². The van der Waals surface area contributed by atoms with Gasteiger partial charge in [-0.15, -0.1) is 0 Å². The molecule has 68 valence electrons. The quantitative estimate of drug-likeness (QED) is 0.350. The molecule has 0 heterocycles. The molecule has 0 aromatic heterocycles. The second-order valence-corrected chi connectivity index (χ2v) is 1.37. The fourth-order valence-electron chi connectivity index (χ4n) is 0.136. The number of carboxylic acid groups (broad SMARTS) is 2. The Labute approximate surface area is 124 Å². The van der Waals surface area contributed by atoms with Gasteiger partial charge in [0, 0.05) is 0 Å². The van der Waals surface area contributed by atoms with Gasteiger partial charge in [-0.3, -0.25) is 0 Å². The minimum Gasteiger partial charge on any atom is -0.545 e. The Morgan fingerprint density at radius 2 is 1.00 bits per heavy atom. The Morgan fingerprint density at radius 1 is 0.857 bits per heavy atom. The molecule has 4 N–H and O–H groups in total. The summed E-state index contributed by atoms with van der Waals surface area (Å²) in [6, 6.07) is -0.833.